The standard InChI is InChI=1S/C28H40O10/c29-28(20-1-3-21(4-2-20)34-17-30-13-26-15-32-26)38-25-11-9-24(10-12-25)37-19-36-23-7-5-22(6-8-23)35-18-31-14-27-16-33-27/h9-12,20-23,26-27H,1-8,13-19H2. The molecule has 4 aliphatic rings. The molecular weight excluding hydrogens is 496 g/mol. The average Bonchev–Trinajstić information content (AvgIpc) is 3.87. The second kappa shape index (κ2) is 14.6. The molecule has 10 nitrogen and oxygen atoms in total. The van der Waals surface area contributed by atoms with Crippen molar-refractivity contribution in [3.8, 4) is 11.5 Å². The van der Waals surface area contributed by atoms with Gasteiger partial charge in [0.2, 0.25) is 0 Å². The van der Waals surface area contributed by atoms with Crippen molar-refractivity contribution in [2.24, 2.45) is 5.92 Å². The van der Waals surface area contributed by atoms with Gasteiger partial charge in [0.1, 0.15) is 37.3 Å². The molecule has 2 aliphatic heterocycles. The highest BCUT2D eigenvalue weighted by Gasteiger charge is 2.29. The summed E-state index contributed by atoms with van der Waals surface area (Å²) in [6.07, 6.45) is 7.98. The molecule has 2 unspecified atom stereocenters. The average molecular weight is 537 g/mol. The Bertz CT molecular complexity index is 825. The zero-order valence-electron chi connectivity index (χ0n) is 22.0. The molecule has 2 aliphatic carbocycles. The van der Waals surface area contributed by atoms with Crippen LogP contribution in [-0.2, 0) is 38.0 Å². The minimum absolute atomic E-state index is 0.106. The van der Waals surface area contributed by atoms with Crippen LogP contribution in [0, 0.1) is 5.92 Å². The third kappa shape index (κ3) is 9.75. The van der Waals surface area contributed by atoms with Crippen LogP contribution in [0.3, 0.4) is 0 Å². The number of epoxide rings is 2. The van der Waals surface area contributed by atoms with Crippen LogP contribution in [0.5, 0.6) is 11.5 Å². The highest BCUT2D eigenvalue weighted by atomic mass is 16.7. The van der Waals surface area contributed by atoms with Gasteiger partial charge < -0.3 is 42.6 Å². The number of carbonyl (C=O) groups is 1. The summed E-state index contributed by atoms with van der Waals surface area (Å²) < 4.78 is 49.9. The molecule has 2 saturated carbocycles. The molecule has 0 radical (unpaired) electrons. The van der Waals surface area contributed by atoms with Crippen LogP contribution in [0.1, 0.15) is 51.4 Å². The smallest absolute Gasteiger partial charge is 0.314 e. The number of esters is 1. The zero-order valence-corrected chi connectivity index (χ0v) is 22.0. The summed E-state index contributed by atoms with van der Waals surface area (Å²) in [4.78, 5) is 12.6. The maximum Gasteiger partial charge on any atom is 0.314 e. The van der Waals surface area contributed by atoms with Crippen molar-refractivity contribution in [3.05, 3.63) is 24.3 Å². The van der Waals surface area contributed by atoms with E-state index in [9.17, 15) is 4.79 Å². The van der Waals surface area contributed by atoms with Gasteiger partial charge in [-0.05, 0) is 75.6 Å². The molecule has 2 atom stereocenters. The lowest BCUT2D eigenvalue weighted by atomic mass is 9.87. The fraction of sp³-hybridized carbons (Fsp3) is 0.750. The van der Waals surface area contributed by atoms with Crippen molar-refractivity contribution in [3.63, 3.8) is 0 Å². The first kappa shape index (κ1) is 27.8. The molecule has 0 aromatic heterocycles. The fourth-order valence-electron chi connectivity index (χ4n) is 4.81. The summed E-state index contributed by atoms with van der Waals surface area (Å²) in [6.45, 7) is 3.57. The van der Waals surface area contributed by atoms with E-state index in [1.54, 1.807) is 24.3 Å². The first-order chi connectivity index (χ1) is 18.7. The lowest BCUT2D eigenvalue weighted by Crippen LogP contribution is -2.29. The molecule has 1 aromatic carbocycles. The Balaban J connectivity index is 0.901. The summed E-state index contributed by atoms with van der Waals surface area (Å²) in [5.74, 6) is 0.895. The predicted molar refractivity (Wildman–Crippen MR) is 134 cm³/mol. The summed E-state index contributed by atoms with van der Waals surface area (Å²) >= 11 is 0. The number of benzene rings is 1. The Morgan fingerprint density at radius 3 is 1.61 bits per heavy atom. The molecule has 0 bridgehead atoms. The van der Waals surface area contributed by atoms with E-state index in [2.05, 4.69) is 0 Å². The molecule has 0 spiro atoms. The number of rotatable bonds is 16. The fourth-order valence-corrected chi connectivity index (χ4v) is 4.81. The molecule has 2 heterocycles. The van der Waals surface area contributed by atoms with Crippen molar-refractivity contribution in [1.82, 2.24) is 0 Å². The molecule has 0 N–H and O–H groups in total. The Morgan fingerprint density at radius 1 is 0.658 bits per heavy atom. The SMILES string of the molecule is O=C(Oc1ccc(OCOC2CCC(OCOCC3CO3)CC2)cc1)C1CCC(OCOCC2CO2)CC1. The van der Waals surface area contributed by atoms with Crippen LogP contribution >= 0.6 is 0 Å². The summed E-state index contributed by atoms with van der Waals surface area (Å²) in [6, 6.07) is 7.09. The van der Waals surface area contributed by atoms with Gasteiger partial charge in [0.05, 0.1) is 50.7 Å². The monoisotopic (exact) mass is 536 g/mol. The second-order valence-electron chi connectivity index (χ2n) is 10.4. The van der Waals surface area contributed by atoms with E-state index >= 15 is 0 Å². The van der Waals surface area contributed by atoms with Crippen LogP contribution in [0.25, 0.3) is 0 Å². The first-order valence-corrected chi connectivity index (χ1v) is 13.9. The molecule has 38 heavy (non-hydrogen) atoms. The molecule has 5 rings (SSSR count). The van der Waals surface area contributed by atoms with Gasteiger partial charge in [-0.25, -0.2) is 0 Å². The van der Waals surface area contributed by atoms with Crippen molar-refractivity contribution < 1.29 is 47.4 Å². The Hall–Kier alpha value is -1.79. The van der Waals surface area contributed by atoms with Crippen molar-refractivity contribution in [2.75, 3.05) is 46.8 Å². The number of carbonyl (C=O) groups excluding carboxylic acids is 1. The molecular formula is C28H40O10. The lowest BCUT2D eigenvalue weighted by molar-refractivity contribution is -0.143. The number of hydrogen-bond donors (Lipinski definition) is 0. The van der Waals surface area contributed by atoms with E-state index in [0.29, 0.717) is 31.5 Å². The van der Waals surface area contributed by atoms with Crippen LogP contribution in [0.15, 0.2) is 24.3 Å². The highest BCUT2D eigenvalue weighted by Crippen LogP contribution is 2.29. The Morgan fingerprint density at radius 2 is 1.11 bits per heavy atom. The van der Waals surface area contributed by atoms with Gasteiger partial charge in [0.25, 0.3) is 0 Å². The van der Waals surface area contributed by atoms with Crippen LogP contribution in [0.4, 0.5) is 0 Å². The van der Waals surface area contributed by atoms with Crippen LogP contribution in [-0.4, -0.2) is 83.3 Å². The van der Waals surface area contributed by atoms with Gasteiger partial charge in [-0.2, -0.15) is 0 Å². The van der Waals surface area contributed by atoms with Gasteiger partial charge >= 0.3 is 5.97 Å². The summed E-state index contributed by atoms with van der Waals surface area (Å²) in [7, 11) is 0. The maximum absolute atomic E-state index is 12.6. The number of ether oxygens (including phenoxy) is 9. The molecule has 10 heteroatoms. The summed E-state index contributed by atoms with van der Waals surface area (Å²) in [5.41, 5.74) is 0. The summed E-state index contributed by atoms with van der Waals surface area (Å²) in [5, 5.41) is 0. The topological polar surface area (TPSA) is 107 Å². The van der Waals surface area contributed by atoms with Gasteiger partial charge in [-0.1, -0.05) is 0 Å². The van der Waals surface area contributed by atoms with E-state index in [1.165, 1.54) is 0 Å². The molecule has 2 saturated heterocycles. The second-order valence-corrected chi connectivity index (χ2v) is 10.4. The van der Waals surface area contributed by atoms with Gasteiger partial charge in [0.15, 0.2) is 6.79 Å². The normalized spacial score (nSPS) is 30.5. The van der Waals surface area contributed by atoms with Crippen LogP contribution in [0.2, 0.25) is 0 Å². The van der Waals surface area contributed by atoms with E-state index in [0.717, 1.165) is 64.6 Å². The lowest BCUT2D eigenvalue weighted by Gasteiger charge is -2.28. The van der Waals surface area contributed by atoms with E-state index in [-0.39, 0.29) is 56.0 Å². The van der Waals surface area contributed by atoms with Crippen LogP contribution < -0.4 is 9.47 Å². The quantitative estimate of drug-likeness (QED) is 0.102. The maximum atomic E-state index is 12.6. The largest absolute Gasteiger partial charge is 0.468 e. The predicted octanol–water partition coefficient (Wildman–Crippen LogP) is 3.59. The molecule has 212 valence electrons. The third-order valence-electron chi connectivity index (χ3n) is 7.39. The minimum Gasteiger partial charge on any atom is -0.468 e. The van der Waals surface area contributed by atoms with E-state index in [1.807, 2.05) is 0 Å². The molecule has 1 aromatic rings. The minimum atomic E-state index is -0.189. The first-order valence-electron chi connectivity index (χ1n) is 13.9. The van der Waals surface area contributed by atoms with E-state index < -0.39 is 0 Å². The van der Waals surface area contributed by atoms with E-state index in [4.69, 9.17) is 42.6 Å². The zero-order chi connectivity index (χ0) is 26.0. The Labute approximate surface area is 224 Å². The van der Waals surface area contributed by atoms with Crippen molar-refractivity contribution in [1.29, 1.82) is 0 Å². The number of hydrogen-bond acceptors (Lipinski definition) is 10. The Kier molecular flexibility index (Phi) is 10.6. The van der Waals surface area contributed by atoms with Gasteiger partial charge in [-0.15, -0.1) is 0 Å². The molecule has 4 fully saturated rings. The van der Waals surface area contributed by atoms with Gasteiger partial charge in [-0.3, -0.25) is 4.79 Å². The third-order valence-corrected chi connectivity index (χ3v) is 7.39. The highest BCUT2D eigenvalue weighted by molar-refractivity contribution is 5.75. The van der Waals surface area contributed by atoms with Crippen molar-refractivity contribution >= 4 is 5.97 Å². The van der Waals surface area contributed by atoms with Gasteiger partial charge in [0, 0.05) is 0 Å². The van der Waals surface area contributed by atoms with Crippen molar-refractivity contribution in [2.45, 2.75) is 81.9 Å². The molecule has 0 amide bonds.